The van der Waals surface area contributed by atoms with Gasteiger partial charge in [-0.15, -0.1) is 0 Å². The van der Waals surface area contributed by atoms with Gasteiger partial charge in [0.1, 0.15) is 5.54 Å². The van der Waals surface area contributed by atoms with Crippen molar-refractivity contribution in [3.8, 4) is 0 Å². The third kappa shape index (κ3) is 1.77. The van der Waals surface area contributed by atoms with Crippen molar-refractivity contribution in [1.29, 1.82) is 0 Å². The summed E-state index contributed by atoms with van der Waals surface area (Å²) in [5.41, 5.74) is -0.493. The van der Waals surface area contributed by atoms with E-state index >= 15 is 0 Å². The van der Waals surface area contributed by atoms with Crippen LogP contribution in [0.4, 0.5) is 0 Å². The van der Waals surface area contributed by atoms with Crippen LogP contribution >= 0.6 is 0 Å². The van der Waals surface area contributed by atoms with E-state index in [4.69, 9.17) is 4.52 Å². The molecule has 0 aromatic carbocycles. The van der Waals surface area contributed by atoms with Crippen molar-refractivity contribution in [2.75, 3.05) is 6.54 Å². The molecule has 6 nitrogen and oxygen atoms in total. The van der Waals surface area contributed by atoms with Gasteiger partial charge in [-0.25, -0.2) is 4.79 Å². The number of aliphatic carboxylic acids is 1. The molecule has 1 atom stereocenters. The van der Waals surface area contributed by atoms with Crippen molar-refractivity contribution in [2.24, 2.45) is 0 Å². The summed E-state index contributed by atoms with van der Waals surface area (Å²) in [6.07, 6.45) is 1.57. The zero-order valence-corrected chi connectivity index (χ0v) is 10.5. The smallest absolute Gasteiger partial charge is 0.329 e. The van der Waals surface area contributed by atoms with E-state index in [2.05, 4.69) is 5.16 Å². The molecule has 1 fully saturated rings. The number of carboxylic acid groups (broad SMARTS) is 1. The molecule has 98 valence electrons. The number of rotatable bonds is 3. The van der Waals surface area contributed by atoms with Crippen LogP contribution < -0.4 is 0 Å². The van der Waals surface area contributed by atoms with Gasteiger partial charge < -0.3 is 14.5 Å². The Balaban J connectivity index is 2.32. The standard InChI is InChI=1S/C12H16N2O4/c1-3-12(11(16)17)5-4-6-14(12)10(15)9-7-8(2)13-18-9/h7H,3-6H2,1-2H3,(H,16,17). The molecular formula is C12H16N2O4. The minimum atomic E-state index is -1.10. The van der Waals surface area contributed by atoms with Crippen molar-refractivity contribution < 1.29 is 19.2 Å². The summed E-state index contributed by atoms with van der Waals surface area (Å²) in [4.78, 5) is 25.1. The van der Waals surface area contributed by atoms with Gasteiger partial charge in [-0.3, -0.25) is 4.79 Å². The Morgan fingerprint density at radius 3 is 2.83 bits per heavy atom. The maximum absolute atomic E-state index is 12.3. The third-order valence-corrected chi connectivity index (χ3v) is 3.56. The molecule has 1 aromatic rings. The van der Waals surface area contributed by atoms with E-state index < -0.39 is 17.4 Å². The van der Waals surface area contributed by atoms with Gasteiger partial charge in [0.2, 0.25) is 5.76 Å². The second-order valence-electron chi connectivity index (χ2n) is 4.58. The summed E-state index contributed by atoms with van der Waals surface area (Å²) in [5, 5.41) is 13.1. The lowest BCUT2D eigenvalue weighted by Gasteiger charge is -2.33. The number of hydrogen-bond acceptors (Lipinski definition) is 4. The highest BCUT2D eigenvalue weighted by Crippen LogP contribution is 2.34. The first-order valence-corrected chi connectivity index (χ1v) is 6.00. The summed E-state index contributed by atoms with van der Waals surface area (Å²) in [5.74, 6) is -1.24. The minimum absolute atomic E-state index is 0.105. The largest absolute Gasteiger partial charge is 0.479 e. The number of aryl methyl sites for hydroxylation is 1. The fraction of sp³-hybridized carbons (Fsp3) is 0.583. The molecule has 1 aromatic heterocycles. The quantitative estimate of drug-likeness (QED) is 0.880. The monoisotopic (exact) mass is 252 g/mol. The highest BCUT2D eigenvalue weighted by Gasteiger charge is 2.49. The van der Waals surface area contributed by atoms with Gasteiger partial charge in [0, 0.05) is 12.6 Å². The molecule has 0 spiro atoms. The Kier molecular flexibility index (Phi) is 3.11. The molecule has 1 saturated heterocycles. The zero-order chi connectivity index (χ0) is 13.3. The predicted molar refractivity (Wildman–Crippen MR) is 62.2 cm³/mol. The maximum Gasteiger partial charge on any atom is 0.329 e. The summed E-state index contributed by atoms with van der Waals surface area (Å²) < 4.78 is 4.92. The molecule has 1 aliphatic heterocycles. The normalized spacial score (nSPS) is 23.3. The van der Waals surface area contributed by atoms with Crippen LogP contribution in [-0.4, -0.2) is 39.1 Å². The van der Waals surface area contributed by atoms with E-state index in [0.29, 0.717) is 31.5 Å². The van der Waals surface area contributed by atoms with E-state index in [-0.39, 0.29) is 5.76 Å². The van der Waals surface area contributed by atoms with Crippen LogP contribution in [0.1, 0.15) is 42.4 Å². The molecule has 0 aliphatic carbocycles. The molecule has 1 unspecified atom stereocenters. The second-order valence-corrected chi connectivity index (χ2v) is 4.58. The third-order valence-electron chi connectivity index (χ3n) is 3.56. The number of likely N-dealkylation sites (tertiary alicyclic amines) is 1. The van der Waals surface area contributed by atoms with Gasteiger partial charge in [0.05, 0.1) is 5.69 Å². The average Bonchev–Trinajstić information content (AvgIpc) is 2.94. The number of nitrogens with zero attached hydrogens (tertiary/aromatic N) is 2. The Labute approximate surface area is 105 Å². The molecule has 18 heavy (non-hydrogen) atoms. The molecule has 6 heteroatoms. The first kappa shape index (κ1) is 12.6. The first-order valence-electron chi connectivity index (χ1n) is 6.00. The molecule has 0 saturated carbocycles. The lowest BCUT2D eigenvalue weighted by molar-refractivity contribution is -0.148. The highest BCUT2D eigenvalue weighted by atomic mass is 16.5. The summed E-state index contributed by atoms with van der Waals surface area (Å²) in [6, 6.07) is 1.53. The van der Waals surface area contributed by atoms with Crippen molar-refractivity contribution in [3.05, 3.63) is 17.5 Å². The minimum Gasteiger partial charge on any atom is -0.479 e. The molecule has 1 N–H and O–H groups in total. The van der Waals surface area contributed by atoms with Crippen LogP contribution in [0, 0.1) is 6.92 Å². The Morgan fingerprint density at radius 1 is 1.61 bits per heavy atom. The number of carbonyl (C=O) groups excluding carboxylic acids is 1. The molecule has 0 radical (unpaired) electrons. The summed E-state index contributed by atoms with van der Waals surface area (Å²) >= 11 is 0. The molecule has 0 bridgehead atoms. The summed E-state index contributed by atoms with van der Waals surface area (Å²) in [7, 11) is 0. The topological polar surface area (TPSA) is 83.6 Å². The molecule has 2 heterocycles. The van der Waals surface area contributed by atoms with Crippen LogP contribution in [0.15, 0.2) is 10.6 Å². The van der Waals surface area contributed by atoms with Gasteiger partial charge in [0.15, 0.2) is 0 Å². The van der Waals surface area contributed by atoms with Crippen molar-refractivity contribution in [3.63, 3.8) is 0 Å². The van der Waals surface area contributed by atoms with Gasteiger partial charge in [0.25, 0.3) is 5.91 Å². The van der Waals surface area contributed by atoms with Gasteiger partial charge in [-0.05, 0) is 26.2 Å². The van der Waals surface area contributed by atoms with Crippen LogP contribution in [0.5, 0.6) is 0 Å². The van der Waals surface area contributed by atoms with Crippen LogP contribution in [0.2, 0.25) is 0 Å². The fourth-order valence-corrected chi connectivity index (χ4v) is 2.51. The van der Waals surface area contributed by atoms with E-state index in [9.17, 15) is 14.7 Å². The lowest BCUT2D eigenvalue weighted by atomic mass is 9.93. The average molecular weight is 252 g/mol. The van der Waals surface area contributed by atoms with Gasteiger partial charge in [-0.2, -0.15) is 0 Å². The number of carbonyl (C=O) groups is 2. The second kappa shape index (κ2) is 4.44. The van der Waals surface area contributed by atoms with E-state index in [1.807, 2.05) is 0 Å². The van der Waals surface area contributed by atoms with Crippen molar-refractivity contribution >= 4 is 11.9 Å². The maximum atomic E-state index is 12.3. The number of carboxylic acids is 1. The molecular weight excluding hydrogens is 236 g/mol. The predicted octanol–water partition coefficient (Wildman–Crippen LogP) is 1.45. The Morgan fingerprint density at radius 2 is 2.33 bits per heavy atom. The van der Waals surface area contributed by atoms with Crippen molar-refractivity contribution in [2.45, 2.75) is 38.6 Å². The summed E-state index contributed by atoms with van der Waals surface area (Å²) in [6.45, 7) is 3.94. The Hall–Kier alpha value is -1.85. The number of aromatic nitrogens is 1. The van der Waals surface area contributed by atoms with E-state index in [0.717, 1.165) is 0 Å². The number of hydrogen-bond donors (Lipinski definition) is 1. The van der Waals surface area contributed by atoms with Gasteiger partial charge in [-0.1, -0.05) is 12.1 Å². The molecule has 1 aliphatic rings. The SMILES string of the molecule is CCC1(C(=O)O)CCCN1C(=O)c1cc(C)no1. The van der Waals surface area contributed by atoms with E-state index in [1.54, 1.807) is 13.8 Å². The molecule has 2 rings (SSSR count). The Bertz CT molecular complexity index is 482. The number of amides is 1. The fourth-order valence-electron chi connectivity index (χ4n) is 2.51. The van der Waals surface area contributed by atoms with E-state index in [1.165, 1.54) is 11.0 Å². The van der Waals surface area contributed by atoms with Crippen LogP contribution in [-0.2, 0) is 4.79 Å². The lowest BCUT2D eigenvalue weighted by Crippen LogP contribution is -2.52. The van der Waals surface area contributed by atoms with Gasteiger partial charge >= 0.3 is 5.97 Å². The first-order chi connectivity index (χ1) is 8.51. The zero-order valence-electron chi connectivity index (χ0n) is 10.5. The van der Waals surface area contributed by atoms with Crippen LogP contribution in [0.25, 0.3) is 0 Å². The molecule has 1 amide bonds. The van der Waals surface area contributed by atoms with Crippen LogP contribution in [0.3, 0.4) is 0 Å². The highest BCUT2D eigenvalue weighted by molar-refractivity contribution is 5.96. The van der Waals surface area contributed by atoms with Crippen molar-refractivity contribution in [1.82, 2.24) is 10.1 Å².